The zero-order valence-electron chi connectivity index (χ0n) is 16.7. The molecule has 1 heterocycles. The molecule has 0 atom stereocenters. The van der Waals surface area contributed by atoms with E-state index in [2.05, 4.69) is 5.32 Å². The number of rotatable bonds is 4. The lowest BCUT2D eigenvalue weighted by molar-refractivity contribution is -0.120. The number of nitrogens with one attached hydrogen (secondary N) is 1. The van der Waals surface area contributed by atoms with Crippen molar-refractivity contribution in [1.29, 1.82) is 0 Å². The van der Waals surface area contributed by atoms with Gasteiger partial charge < -0.3 is 5.32 Å². The number of carbonyl (C=O) groups is 2. The highest BCUT2D eigenvalue weighted by Crippen LogP contribution is 2.36. The van der Waals surface area contributed by atoms with E-state index in [1.165, 1.54) is 6.07 Å². The van der Waals surface area contributed by atoms with Crippen LogP contribution < -0.4 is 10.2 Å². The fourth-order valence-electron chi connectivity index (χ4n) is 3.44. The summed E-state index contributed by atoms with van der Waals surface area (Å²) in [5.74, 6) is -3.19. The zero-order valence-corrected chi connectivity index (χ0v) is 17.4. The minimum Gasteiger partial charge on any atom is -0.350 e. The summed E-state index contributed by atoms with van der Waals surface area (Å²) in [7, 11) is 0. The van der Waals surface area contributed by atoms with Crippen molar-refractivity contribution >= 4 is 40.4 Å². The van der Waals surface area contributed by atoms with Gasteiger partial charge in [-0.3, -0.25) is 9.59 Å². The Morgan fingerprint density at radius 1 is 0.871 bits per heavy atom. The average molecular weight is 439 g/mol. The van der Waals surface area contributed by atoms with Crippen molar-refractivity contribution in [3.8, 4) is 0 Å². The molecule has 0 bridgehead atoms. The Balaban J connectivity index is 1.85. The third-order valence-electron chi connectivity index (χ3n) is 5.22. The van der Waals surface area contributed by atoms with Crippen molar-refractivity contribution in [2.75, 3.05) is 10.2 Å². The van der Waals surface area contributed by atoms with E-state index in [4.69, 9.17) is 11.6 Å². The lowest BCUT2D eigenvalue weighted by Crippen LogP contribution is -2.33. The van der Waals surface area contributed by atoms with Gasteiger partial charge in [-0.1, -0.05) is 35.9 Å². The first kappa shape index (κ1) is 20.8. The molecule has 0 radical (unpaired) electrons. The van der Waals surface area contributed by atoms with E-state index >= 15 is 0 Å². The van der Waals surface area contributed by atoms with Crippen molar-refractivity contribution in [1.82, 2.24) is 0 Å². The van der Waals surface area contributed by atoms with Crippen LogP contribution in [0.1, 0.15) is 16.7 Å². The Morgan fingerprint density at radius 2 is 1.58 bits per heavy atom. The number of aryl methyl sites for hydroxylation is 1. The second kappa shape index (κ2) is 7.96. The SMILES string of the molecule is Cc1cccc(N2C(=O)C(Nc3ccc(F)c(F)c3)=C(c3ccc(Cl)cc3)C2=O)c1C. The van der Waals surface area contributed by atoms with Gasteiger partial charge in [0.2, 0.25) is 0 Å². The number of hydrogen-bond acceptors (Lipinski definition) is 3. The van der Waals surface area contributed by atoms with E-state index in [-0.39, 0.29) is 17.0 Å². The summed E-state index contributed by atoms with van der Waals surface area (Å²) < 4.78 is 27.1. The highest BCUT2D eigenvalue weighted by atomic mass is 35.5. The van der Waals surface area contributed by atoms with Gasteiger partial charge in [0, 0.05) is 16.8 Å². The van der Waals surface area contributed by atoms with Crippen LogP contribution in [0.3, 0.4) is 0 Å². The summed E-state index contributed by atoms with van der Waals surface area (Å²) in [5, 5.41) is 3.29. The Morgan fingerprint density at radius 3 is 2.26 bits per heavy atom. The van der Waals surface area contributed by atoms with Crippen molar-refractivity contribution in [2.45, 2.75) is 13.8 Å². The van der Waals surface area contributed by atoms with E-state index < -0.39 is 23.4 Å². The van der Waals surface area contributed by atoms with Gasteiger partial charge in [-0.15, -0.1) is 0 Å². The molecule has 4 rings (SSSR count). The number of amides is 2. The van der Waals surface area contributed by atoms with Gasteiger partial charge in [-0.2, -0.15) is 0 Å². The number of benzene rings is 3. The molecular formula is C24H17ClF2N2O2. The first-order valence-electron chi connectivity index (χ1n) is 9.45. The van der Waals surface area contributed by atoms with Crippen LogP contribution in [0, 0.1) is 25.5 Å². The minimum atomic E-state index is -1.07. The molecule has 0 aliphatic carbocycles. The number of halogens is 3. The average Bonchev–Trinajstić information content (AvgIpc) is 2.97. The van der Waals surface area contributed by atoms with E-state index in [0.29, 0.717) is 16.3 Å². The smallest absolute Gasteiger partial charge is 0.282 e. The molecule has 156 valence electrons. The van der Waals surface area contributed by atoms with Gasteiger partial charge in [0.1, 0.15) is 5.70 Å². The molecule has 1 aliphatic rings. The normalized spacial score (nSPS) is 13.9. The van der Waals surface area contributed by atoms with Crippen molar-refractivity contribution in [2.24, 2.45) is 0 Å². The Hall–Kier alpha value is -3.51. The van der Waals surface area contributed by atoms with Crippen LogP contribution in [0.4, 0.5) is 20.2 Å². The molecule has 3 aromatic rings. The highest BCUT2D eigenvalue weighted by Gasteiger charge is 2.41. The second-order valence-corrected chi connectivity index (χ2v) is 7.61. The van der Waals surface area contributed by atoms with Crippen molar-refractivity contribution in [3.63, 3.8) is 0 Å². The molecule has 7 heteroatoms. The van der Waals surface area contributed by atoms with Crippen LogP contribution >= 0.6 is 11.6 Å². The Kier molecular flexibility index (Phi) is 5.33. The molecule has 4 nitrogen and oxygen atoms in total. The molecule has 1 aliphatic heterocycles. The molecule has 3 aromatic carbocycles. The maximum Gasteiger partial charge on any atom is 0.282 e. The van der Waals surface area contributed by atoms with Crippen molar-refractivity contribution < 1.29 is 18.4 Å². The lowest BCUT2D eigenvalue weighted by atomic mass is 10.0. The molecule has 1 N–H and O–H groups in total. The molecule has 0 unspecified atom stereocenters. The fourth-order valence-corrected chi connectivity index (χ4v) is 3.57. The van der Waals surface area contributed by atoms with Crippen LogP contribution in [0.5, 0.6) is 0 Å². The topological polar surface area (TPSA) is 49.4 Å². The van der Waals surface area contributed by atoms with Gasteiger partial charge in [0.25, 0.3) is 11.8 Å². The summed E-state index contributed by atoms with van der Waals surface area (Å²) in [5.41, 5.74) is 2.88. The van der Waals surface area contributed by atoms with Crippen LogP contribution in [-0.2, 0) is 9.59 Å². The third kappa shape index (κ3) is 3.70. The predicted molar refractivity (Wildman–Crippen MR) is 117 cm³/mol. The summed E-state index contributed by atoms with van der Waals surface area (Å²) in [6, 6.07) is 15.0. The number of anilines is 2. The zero-order chi connectivity index (χ0) is 22.3. The second-order valence-electron chi connectivity index (χ2n) is 7.18. The third-order valence-corrected chi connectivity index (χ3v) is 5.47. The van der Waals surface area contributed by atoms with Gasteiger partial charge in [0.05, 0.1) is 11.3 Å². The van der Waals surface area contributed by atoms with Gasteiger partial charge in [-0.25, -0.2) is 13.7 Å². The summed E-state index contributed by atoms with van der Waals surface area (Å²) >= 11 is 5.97. The summed E-state index contributed by atoms with van der Waals surface area (Å²) in [6.07, 6.45) is 0. The number of imide groups is 1. The van der Waals surface area contributed by atoms with Crippen LogP contribution in [0.25, 0.3) is 5.57 Å². The molecule has 31 heavy (non-hydrogen) atoms. The molecular weight excluding hydrogens is 422 g/mol. The fraction of sp³-hybridized carbons (Fsp3) is 0.0833. The van der Waals surface area contributed by atoms with Gasteiger partial charge in [0.15, 0.2) is 11.6 Å². The summed E-state index contributed by atoms with van der Waals surface area (Å²) in [6.45, 7) is 3.71. The van der Waals surface area contributed by atoms with E-state index in [1.807, 2.05) is 19.9 Å². The van der Waals surface area contributed by atoms with E-state index in [9.17, 15) is 18.4 Å². The standard InChI is InChI=1S/C24H17ClF2N2O2/c1-13-4-3-5-20(14(13)2)29-23(30)21(15-6-8-16(25)9-7-15)22(24(29)31)28-17-10-11-18(26)19(27)12-17/h3-12,28H,1-2H3. The Bertz CT molecular complexity index is 1250. The molecule has 0 saturated carbocycles. The number of nitrogens with zero attached hydrogens (tertiary/aromatic N) is 1. The Labute approximate surface area is 182 Å². The number of hydrogen-bond donors (Lipinski definition) is 1. The lowest BCUT2D eigenvalue weighted by Gasteiger charge is -2.19. The molecule has 2 amide bonds. The number of carbonyl (C=O) groups excluding carboxylic acids is 2. The maximum atomic E-state index is 13.7. The van der Waals surface area contributed by atoms with Crippen LogP contribution in [0.2, 0.25) is 5.02 Å². The van der Waals surface area contributed by atoms with Gasteiger partial charge >= 0.3 is 0 Å². The largest absolute Gasteiger partial charge is 0.350 e. The van der Waals surface area contributed by atoms with Crippen LogP contribution in [0.15, 0.2) is 66.4 Å². The first-order valence-corrected chi connectivity index (χ1v) is 9.83. The molecule has 0 spiro atoms. The maximum absolute atomic E-state index is 13.7. The first-order chi connectivity index (χ1) is 14.8. The predicted octanol–water partition coefficient (Wildman–Crippen LogP) is 5.63. The molecule has 0 saturated heterocycles. The van der Waals surface area contributed by atoms with Gasteiger partial charge in [-0.05, 0) is 60.9 Å². The molecule has 0 fully saturated rings. The summed E-state index contributed by atoms with van der Waals surface area (Å²) in [4.78, 5) is 27.9. The monoisotopic (exact) mass is 438 g/mol. The quantitative estimate of drug-likeness (QED) is 0.537. The van der Waals surface area contributed by atoms with Crippen LogP contribution in [-0.4, -0.2) is 11.8 Å². The highest BCUT2D eigenvalue weighted by molar-refractivity contribution is 6.46. The van der Waals surface area contributed by atoms with E-state index in [0.717, 1.165) is 28.2 Å². The molecule has 0 aromatic heterocycles. The van der Waals surface area contributed by atoms with Crippen molar-refractivity contribution in [3.05, 3.63) is 99.7 Å². The minimum absolute atomic E-state index is 0.0285. The van der Waals surface area contributed by atoms with E-state index in [1.54, 1.807) is 36.4 Å².